The van der Waals surface area contributed by atoms with Crippen LogP contribution >= 0.6 is 11.6 Å². The van der Waals surface area contributed by atoms with Crippen LogP contribution in [0.25, 0.3) is 0 Å². The van der Waals surface area contributed by atoms with Crippen molar-refractivity contribution in [1.29, 1.82) is 0 Å². The van der Waals surface area contributed by atoms with Gasteiger partial charge in [-0.15, -0.1) is 0 Å². The molecule has 0 radical (unpaired) electrons. The Hall–Kier alpha value is -1.48. The van der Waals surface area contributed by atoms with Crippen LogP contribution in [0.15, 0.2) is 35.9 Å². The van der Waals surface area contributed by atoms with E-state index in [4.69, 9.17) is 21.4 Å². The van der Waals surface area contributed by atoms with E-state index in [1.807, 2.05) is 0 Å². The van der Waals surface area contributed by atoms with Crippen molar-refractivity contribution >= 4 is 17.6 Å². The molecule has 0 spiro atoms. The van der Waals surface area contributed by atoms with Gasteiger partial charge in [0.2, 0.25) is 0 Å². The largest absolute Gasteiger partial charge is 0.489 e. The predicted molar refractivity (Wildman–Crippen MR) is 53.9 cm³/mol. The molecule has 0 bridgehead atoms. The molecule has 1 N–H and O–H groups in total. The Morgan fingerprint density at radius 2 is 2.36 bits per heavy atom. The van der Waals surface area contributed by atoms with Gasteiger partial charge in [0.15, 0.2) is 0 Å². The average molecular weight is 213 g/mol. The number of halogens is 1. The third-order valence-corrected chi connectivity index (χ3v) is 1.69. The fourth-order valence-corrected chi connectivity index (χ4v) is 0.972. The molecule has 1 aromatic rings. The molecule has 0 heterocycles. The van der Waals surface area contributed by atoms with Gasteiger partial charge in [0, 0.05) is 5.54 Å². The van der Waals surface area contributed by atoms with Crippen molar-refractivity contribution in [1.82, 2.24) is 0 Å². The summed E-state index contributed by atoms with van der Waals surface area (Å²) in [5.41, 5.74) is 1.55. The number of benzene rings is 1. The minimum Gasteiger partial charge on any atom is -0.489 e. The number of carboxylic acids is 1. The van der Waals surface area contributed by atoms with Gasteiger partial charge in [-0.25, -0.2) is 4.79 Å². The maximum absolute atomic E-state index is 10.6. The van der Waals surface area contributed by atoms with Gasteiger partial charge in [-0.3, -0.25) is 0 Å². The first kappa shape index (κ1) is 10.6. The van der Waals surface area contributed by atoms with Crippen LogP contribution in [0.4, 0.5) is 0 Å². The second-order valence-corrected chi connectivity index (χ2v) is 2.76. The van der Waals surface area contributed by atoms with Crippen LogP contribution in [0.2, 0.25) is 0 Å². The number of carboxylic acid groups (broad SMARTS) is 1. The van der Waals surface area contributed by atoms with Gasteiger partial charge in [0.25, 0.3) is 0 Å². The van der Waals surface area contributed by atoms with Gasteiger partial charge in [-0.2, -0.15) is 0 Å². The summed E-state index contributed by atoms with van der Waals surface area (Å²) in [7, 11) is 0. The first-order valence-electron chi connectivity index (χ1n) is 3.95. The smallest absolute Gasteiger partial charge is 0.335 e. The maximum atomic E-state index is 10.6. The number of rotatable bonds is 4. The van der Waals surface area contributed by atoms with Crippen LogP contribution < -0.4 is 4.74 Å². The first-order chi connectivity index (χ1) is 6.74. The highest BCUT2D eigenvalue weighted by molar-refractivity contribution is 6.25. The molecule has 0 aromatic heterocycles. The fourth-order valence-electron chi connectivity index (χ4n) is 0.900. The van der Waals surface area contributed by atoms with Gasteiger partial charge in [0.1, 0.15) is 12.4 Å². The van der Waals surface area contributed by atoms with E-state index in [0.717, 1.165) is 0 Å². The van der Waals surface area contributed by atoms with Crippen LogP contribution in [0.1, 0.15) is 10.4 Å². The third kappa shape index (κ3) is 3.11. The molecule has 1 aromatic carbocycles. The molecule has 0 unspecified atom stereocenters. The van der Waals surface area contributed by atoms with Gasteiger partial charge in [-0.05, 0) is 24.3 Å². The Balaban J connectivity index is 2.68. The van der Waals surface area contributed by atoms with Crippen molar-refractivity contribution in [2.75, 3.05) is 6.61 Å². The highest BCUT2D eigenvalue weighted by atomic mass is 35.5. The van der Waals surface area contributed by atoms with Crippen molar-refractivity contribution in [2.45, 2.75) is 0 Å². The van der Waals surface area contributed by atoms with E-state index in [2.05, 4.69) is 0 Å². The number of carbonyl (C=O) groups is 1. The maximum Gasteiger partial charge on any atom is 0.335 e. The lowest BCUT2D eigenvalue weighted by atomic mass is 10.2. The zero-order valence-electron chi connectivity index (χ0n) is 7.31. The Morgan fingerprint density at radius 1 is 1.57 bits per heavy atom. The van der Waals surface area contributed by atoms with Crippen molar-refractivity contribution in [2.24, 2.45) is 0 Å². The van der Waals surface area contributed by atoms with E-state index in [-0.39, 0.29) is 5.56 Å². The van der Waals surface area contributed by atoms with E-state index in [1.54, 1.807) is 18.2 Å². The molecule has 0 aliphatic heterocycles. The molecule has 0 amide bonds. The second kappa shape index (κ2) is 5.29. The molecule has 1 rings (SSSR count). The zero-order chi connectivity index (χ0) is 10.4. The quantitative estimate of drug-likeness (QED) is 0.834. The summed E-state index contributed by atoms with van der Waals surface area (Å²) in [6.45, 7) is 0.326. The summed E-state index contributed by atoms with van der Waals surface area (Å²) < 4.78 is 5.20. The SMILES string of the molecule is O=C(O)c1cccc(OCC=CCl)c1. The molecular weight excluding hydrogens is 204 g/mol. The number of aromatic carboxylic acids is 1. The molecule has 0 saturated heterocycles. The lowest BCUT2D eigenvalue weighted by Crippen LogP contribution is -1.98. The summed E-state index contributed by atoms with van der Waals surface area (Å²) in [4.78, 5) is 10.6. The molecule has 0 fully saturated rings. The Kier molecular flexibility index (Phi) is 4.01. The van der Waals surface area contributed by atoms with Crippen LogP contribution in [-0.2, 0) is 0 Å². The minimum atomic E-state index is -0.969. The van der Waals surface area contributed by atoms with Gasteiger partial charge >= 0.3 is 5.97 Å². The van der Waals surface area contributed by atoms with Crippen LogP contribution in [-0.4, -0.2) is 17.7 Å². The molecule has 3 nitrogen and oxygen atoms in total. The summed E-state index contributed by atoms with van der Waals surface area (Å²) >= 11 is 5.29. The lowest BCUT2D eigenvalue weighted by Gasteiger charge is -2.03. The highest BCUT2D eigenvalue weighted by Crippen LogP contribution is 2.13. The van der Waals surface area contributed by atoms with E-state index in [1.165, 1.54) is 17.7 Å². The van der Waals surface area contributed by atoms with Crippen LogP contribution in [0, 0.1) is 0 Å². The Morgan fingerprint density at radius 3 is 3.00 bits per heavy atom. The van der Waals surface area contributed by atoms with Crippen LogP contribution in [0.3, 0.4) is 0 Å². The summed E-state index contributed by atoms with van der Waals surface area (Å²) in [6.07, 6.45) is 1.62. The van der Waals surface area contributed by atoms with Crippen molar-refractivity contribution in [3.05, 3.63) is 41.4 Å². The summed E-state index contributed by atoms with van der Waals surface area (Å²) in [5.74, 6) is -0.456. The van der Waals surface area contributed by atoms with E-state index < -0.39 is 5.97 Å². The van der Waals surface area contributed by atoms with Crippen molar-refractivity contribution in [3.63, 3.8) is 0 Å². The molecule has 0 atom stereocenters. The molecule has 14 heavy (non-hydrogen) atoms. The van der Waals surface area contributed by atoms with Crippen molar-refractivity contribution < 1.29 is 14.6 Å². The topological polar surface area (TPSA) is 46.5 Å². The Labute approximate surface area is 86.6 Å². The zero-order valence-corrected chi connectivity index (χ0v) is 8.07. The summed E-state index contributed by atoms with van der Waals surface area (Å²) in [6, 6.07) is 6.29. The molecule has 0 aliphatic rings. The molecule has 0 saturated carbocycles. The van der Waals surface area contributed by atoms with E-state index in [0.29, 0.717) is 12.4 Å². The number of hydrogen-bond acceptors (Lipinski definition) is 2. The van der Waals surface area contributed by atoms with Gasteiger partial charge in [0.05, 0.1) is 5.56 Å². The molecular formula is C10H9ClO3. The van der Waals surface area contributed by atoms with Gasteiger partial charge < -0.3 is 9.84 Å². The third-order valence-electron chi connectivity index (χ3n) is 1.52. The molecule has 74 valence electrons. The van der Waals surface area contributed by atoms with Crippen LogP contribution in [0.5, 0.6) is 5.75 Å². The lowest BCUT2D eigenvalue weighted by molar-refractivity contribution is 0.0696. The predicted octanol–water partition coefficient (Wildman–Crippen LogP) is 2.52. The van der Waals surface area contributed by atoms with Gasteiger partial charge in [-0.1, -0.05) is 17.7 Å². The first-order valence-corrected chi connectivity index (χ1v) is 4.39. The van der Waals surface area contributed by atoms with Crippen molar-refractivity contribution in [3.8, 4) is 5.75 Å². The fraction of sp³-hybridized carbons (Fsp3) is 0.100. The normalized spacial score (nSPS) is 10.4. The molecule has 4 heteroatoms. The highest BCUT2D eigenvalue weighted by Gasteiger charge is 2.02. The number of ether oxygens (including phenoxy) is 1. The second-order valence-electron chi connectivity index (χ2n) is 2.51. The van der Waals surface area contributed by atoms with E-state index >= 15 is 0 Å². The molecule has 0 aliphatic carbocycles. The standard InChI is InChI=1S/C10H9ClO3/c11-5-2-6-14-9-4-1-3-8(7-9)10(12)13/h1-5,7H,6H2,(H,12,13). The average Bonchev–Trinajstić information content (AvgIpc) is 2.19. The summed E-state index contributed by atoms with van der Waals surface area (Å²) in [5, 5.41) is 8.69. The minimum absolute atomic E-state index is 0.206. The monoisotopic (exact) mass is 212 g/mol. The number of hydrogen-bond donors (Lipinski definition) is 1. The van der Waals surface area contributed by atoms with E-state index in [9.17, 15) is 4.79 Å². The Bertz CT molecular complexity index is 347.